The molecule has 0 spiro atoms. The summed E-state index contributed by atoms with van der Waals surface area (Å²) in [5.41, 5.74) is 1.48. The van der Waals surface area contributed by atoms with Crippen LogP contribution < -0.4 is 0 Å². The fraction of sp³-hybridized carbons (Fsp3) is 0.235. The number of rotatable bonds is 3. The van der Waals surface area contributed by atoms with E-state index in [1.807, 2.05) is 61.5 Å². The highest BCUT2D eigenvalue weighted by atomic mass is 79.9. The fourth-order valence-electron chi connectivity index (χ4n) is 3.19. The lowest BCUT2D eigenvalue weighted by Crippen LogP contribution is -2.14. The molecule has 3 rings (SSSR count). The normalized spacial score (nSPS) is 28.1. The smallest absolute Gasteiger partial charge is 0.310 e. The van der Waals surface area contributed by atoms with Crippen LogP contribution in [0.15, 0.2) is 59.1 Å². The van der Waals surface area contributed by atoms with Crippen LogP contribution in [0.25, 0.3) is 0 Å². The molecule has 0 amide bonds. The molecule has 0 aromatic heterocycles. The van der Waals surface area contributed by atoms with Crippen LogP contribution in [-0.4, -0.2) is 11.1 Å². The van der Waals surface area contributed by atoms with Gasteiger partial charge in [0.05, 0.1) is 5.41 Å². The van der Waals surface area contributed by atoms with Gasteiger partial charge in [-0.3, -0.25) is 4.79 Å². The molecular formula is C17H15BrO2. The zero-order chi connectivity index (χ0) is 14.3. The first-order chi connectivity index (χ1) is 9.55. The summed E-state index contributed by atoms with van der Waals surface area (Å²) in [5, 5.41) is 9.62. The van der Waals surface area contributed by atoms with Crippen LogP contribution in [-0.2, 0) is 4.79 Å². The Balaban J connectivity index is 2.01. The van der Waals surface area contributed by atoms with E-state index in [2.05, 4.69) is 15.9 Å². The highest BCUT2D eigenvalue weighted by molar-refractivity contribution is 9.10. The molecule has 102 valence electrons. The highest BCUT2D eigenvalue weighted by Gasteiger charge is 2.67. The molecule has 1 fully saturated rings. The lowest BCUT2D eigenvalue weighted by atomic mass is 10.0. The van der Waals surface area contributed by atoms with E-state index >= 15 is 0 Å². The van der Waals surface area contributed by atoms with Crippen LogP contribution in [0, 0.1) is 5.41 Å². The number of halogens is 1. The third kappa shape index (κ3) is 1.97. The van der Waals surface area contributed by atoms with Crippen LogP contribution in [0.5, 0.6) is 0 Å². The maximum atomic E-state index is 11.7. The molecule has 0 unspecified atom stereocenters. The van der Waals surface area contributed by atoms with Gasteiger partial charge in [0.2, 0.25) is 0 Å². The maximum Gasteiger partial charge on any atom is 0.310 e. The second-order valence-corrected chi connectivity index (χ2v) is 6.42. The quantitative estimate of drug-likeness (QED) is 0.904. The van der Waals surface area contributed by atoms with E-state index in [0.717, 1.165) is 15.6 Å². The summed E-state index contributed by atoms with van der Waals surface area (Å²) >= 11 is 3.42. The van der Waals surface area contributed by atoms with Gasteiger partial charge in [0.15, 0.2) is 0 Å². The summed E-state index contributed by atoms with van der Waals surface area (Å²) in [6, 6.07) is 17.9. The van der Waals surface area contributed by atoms with Crippen LogP contribution in [0.1, 0.15) is 29.9 Å². The molecule has 2 aromatic carbocycles. The van der Waals surface area contributed by atoms with E-state index in [-0.39, 0.29) is 11.8 Å². The lowest BCUT2D eigenvalue weighted by Gasteiger charge is -2.05. The molecule has 20 heavy (non-hydrogen) atoms. The molecule has 0 bridgehead atoms. The van der Waals surface area contributed by atoms with Crippen molar-refractivity contribution in [2.75, 3.05) is 0 Å². The second kappa shape index (κ2) is 4.74. The molecule has 2 aromatic rings. The van der Waals surface area contributed by atoms with Gasteiger partial charge in [0.1, 0.15) is 0 Å². The Labute approximate surface area is 126 Å². The van der Waals surface area contributed by atoms with Crippen LogP contribution in [0.2, 0.25) is 0 Å². The van der Waals surface area contributed by atoms with Crippen molar-refractivity contribution in [1.29, 1.82) is 0 Å². The number of carbonyl (C=O) groups is 1. The van der Waals surface area contributed by atoms with Gasteiger partial charge in [-0.25, -0.2) is 0 Å². The molecule has 1 saturated carbocycles. The van der Waals surface area contributed by atoms with Gasteiger partial charge in [-0.15, -0.1) is 0 Å². The predicted octanol–water partition coefficient (Wildman–Crippen LogP) is 4.42. The number of benzene rings is 2. The van der Waals surface area contributed by atoms with Gasteiger partial charge in [0, 0.05) is 16.3 Å². The van der Waals surface area contributed by atoms with Crippen molar-refractivity contribution < 1.29 is 9.90 Å². The molecule has 0 heterocycles. The van der Waals surface area contributed by atoms with E-state index in [1.54, 1.807) is 0 Å². The minimum Gasteiger partial charge on any atom is -0.481 e. The molecule has 0 saturated heterocycles. The standard InChI is InChI=1S/C17H15BrO2/c1-17(16(19)20)14(11-5-3-2-4-6-11)15(17)12-7-9-13(18)10-8-12/h2-10,14-15H,1H3,(H,19,20)/t14-,15-,17+/m0/s1. The first kappa shape index (κ1) is 13.4. The Morgan fingerprint density at radius 1 is 1.00 bits per heavy atom. The summed E-state index contributed by atoms with van der Waals surface area (Å²) in [6.07, 6.45) is 0. The van der Waals surface area contributed by atoms with E-state index in [0.29, 0.717) is 0 Å². The molecule has 3 heteroatoms. The van der Waals surface area contributed by atoms with E-state index in [1.165, 1.54) is 0 Å². The zero-order valence-electron chi connectivity index (χ0n) is 11.1. The van der Waals surface area contributed by atoms with Crippen molar-refractivity contribution in [3.63, 3.8) is 0 Å². The minimum absolute atomic E-state index is 0.0375. The summed E-state index contributed by atoms with van der Waals surface area (Å²) in [4.78, 5) is 11.7. The Kier molecular flexibility index (Phi) is 3.17. The van der Waals surface area contributed by atoms with E-state index in [9.17, 15) is 9.90 Å². The largest absolute Gasteiger partial charge is 0.481 e. The van der Waals surface area contributed by atoms with Crippen molar-refractivity contribution in [2.45, 2.75) is 18.8 Å². The molecule has 1 N–H and O–H groups in total. The molecule has 3 atom stereocenters. The molecule has 0 radical (unpaired) electrons. The van der Waals surface area contributed by atoms with Crippen molar-refractivity contribution in [3.05, 3.63) is 70.2 Å². The summed E-state index contributed by atoms with van der Waals surface area (Å²) in [7, 11) is 0. The number of carboxylic acid groups (broad SMARTS) is 1. The van der Waals surface area contributed by atoms with Gasteiger partial charge in [0.25, 0.3) is 0 Å². The van der Waals surface area contributed by atoms with Gasteiger partial charge in [-0.1, -0.05) is 58.4 Å². The molecule has 1 aliphatic rings. The average molecular weight is 331 g/mol. The number of hydrogen-bond acceptors (Lipinski definition) is 1. The maximum absolute atomic E-state index is 11.7. The Morgan fingerprint density at radius 3 is 2.00 bits per heavy atom. The second-order valence-electron chi connectivity index (χ2n) is 5.51. The molecule has 1 aliphatic carbocycles. The Bertz CT molecular complexity index is 636. The fourth-order valence-corrected chi connectivity index (χ4v) is 3.45. The van der Waals surface area contributed by atoms with Gasteiger partial charge >= 0.3 is 5.97 Å². The monoisotopic (exact) mass is 330 g/mol. The van der Waals surface area contributed by atoms with Gasteiger partial charge in [-0.2, -0.15) is 0 Å². The zero-order valence-corrected chi connectivity index (χ0v) is 12.7. The van der Waals surface area contributed by atoms with Crippen molar-refractivity contribution >= 4 is 21.9 Å². The summed E-state index contributed by atoms with van der Waals surface area (Å²) in [6.45, 7) is 1.85. The number of carboxylic acids is 1. The minimum atomic E-state index is -0.723. The number of aliphatic carboxylic acids is 1. The van der Waals surface area contributed by atoms with E-state index in [4.69, 9.17) is 0 Å². The van der Waals surface area contributed by atoms with E-state index < -0.39 is 11.4 Å². The van der Waals surface area contributed by atoms with Crippen LogP contribution >= 0.6 is 15.9 Å². The summed E-state index contributed by atoms with van der Waals surface area (Å²) in [5.74, 6) is -0.642. The van der Waals surface area contributed by atoms with Crippen molar-refractivity contribution in [3.8, 4) is 0 Å². The lowest BCUT2D eigenvalue weighted by molar-refractivity contribution is -0.143. The van der Waals surface area contributed by atoms with Crippen molar-refractivity contribution in [2.24, 2.45) is 5.41 Å². The molecule has 2 nitrogen and oxygen atoms in total. The summed E-state index contributed by atoms with van der Waals surface area (Å²) < 4.78 is 1.01. The third-order valence-electron chi connectivity index (χ3n) is 4.36. The van der Waals surface area contributed by atoms with Crippen molar-refractivity contribution in [1.82, 2.24) is 0 Å². The third-order valence-corrected chi connectivity index (χ3v) is 4.89. The Hall–Kier alpha value is -1.61. The topological polar surface area (TPSA) is 37.3 Å². The predicted molar refractivity (Wildman–Crippen MR) is 81.8 cm³/mol. The highest BCUT2D eigenvalue weighted by Crippen LogP contribution is 2.70. The van der Waals surface area contributed by atoms with Gasteiger partial charge < -0.3 is 5.11 Å². The molecular weight excluding hydrogens is 316 g/mol. The van der Waals surface area contributed by atoms with Crippen LogP contribution in [0.3, 0.4) is 0 Å². The first-order valence-electron chi connectivity index (χ1n) is 6.59. The Morgan fingerprint density at radius 2 is 1.50 bits per heavy atom. The number of hydrogen-bond donors (Lipinski definition) is 1. The first-order valence-corrected chi connectivity index (χ1v) is 7.38. The van der Waals surface area contributed by atoms with Crippen LogP contribution in [0.4, 0.5) is 0 Å². The molecule has 0 aliphatic heterocycles. The van der Waals surface area contributed by atoms with Gasteiger partial charge in [-0.05, 0) is 30.2 Å². The SMILES string of the molecule is C[C@@]1(C(=O)O)[C@@H](c2ccccc2)[C@@H]1c1ccc(Br)cc1. The average Bonchev–Trinajstić information content (AvgIpc) is 3.09.